The van der Waals surface area contributed by atoms with E-state index in [1.165, 1.54) is 44.1 Å². The first-order valence-electron chi connectivity index (χ1n) is 11.3. The van der Waals surface area contributed by atoms with Crippen molar-refractivity contribution in [1.82, 2.24) is 4.98 Å². The summed E-state index contributed by atoms with van der Waals surface area (Å²) >= 11 is 6.73. The third kappa shape index (κ3) is 6.20. The molecule has 4 heteroatoms. The van der Waals surface area contributed by atoms with Crippen molar-refractivity contribution in [1.29, 1.82) is 0 Å². The van der Waals surface area contributed by atoms with Gasteiger partial charge in [-0.2, -0.15) is 0 Å². The number of hydrogen-bond acceptors (Lipinski definition) is 3. The predicted octanol–water partition coefficient (Wildman–Crippen LogP) is 7.37. The minimum atomic E-state index is 0.366. The molecule has 0 saturated heterocycles. The van der Waals surface area contributed by atoms with Crippen LogP contribution in [0.15, 0.2) is 42.6 Å². The summed E-state index contributed by atoms with van der Waals surface area (Å²) in [5.41, 5.74) is 3.07. The van der Waals surface area contributed by atoms with Crippen LogP contribution >= 0.6 is 11.6 Å². The van der Waals surface area contributed by atoms with E-state index in [9.17, 15) is 0 Å². The SMILES string of the molecule is CCCCCC1CCC(N(OCc2ccccc2)c2ccnc(CC)c2Cl)CC1. The monoisotopic (exact) mass is 414 g/mol. The number of rotatable bonds is 10. The van der Waals surface area contributed by atoms with E-state index in [2.05, 4.69) is 48.2 Å². The predicted molar refractivity (Wildman–Crippen MR) is 122 cm³/mol. The van der Waals surface area contributed by atoms with Gasteiger partial charge in [0.2, 0.25) is 0 Å². The number of nitrogens with zero attached hydrogens (tertiary/aromatic N) is 2. The standard InChI is InChI=1S/C25H35ClN2O/c1-3-5-7-10-20-13-15-22(16-14-20)28(29-19-21-11-8-6-9-12-21)24-17-18-27-23(4-2)25(24)26/h6,8-9,11-12,17-18,20,22H,3-5,7,10,13-16,19H2,1-2H3. The molecule has 0 radical (unpaired) electrons. The van der Waals surface area contributed by atoms with Crippen LogP contribution in [0.5, 0.6) is 0 Å². The first kappa shape index (κ1) is 22.1. The highest BCUT2D eigenvalue weighted by atomic mass is 35.5. The van der Waals surface area contributed by atoms with Gasteiger partial charge in [-0.25, -0.2) is 5.06 Å². The summed E-state index contributed by atoms with van der Waals surface area (Å²) in [6, 6.07) is 12.7. The number of halogens is 1. The number of hydroxylamine groups is 1. The molecule has 1 aromatic heterocycles. The molecule has 0 amide bonds. The second-order valence-electron chi connectivity index (χ2n) is 8.20. The summed E-state index contributed by atoms with van der Waals surface area (Å²) in [7, 11) is 0. The van der Waals surface area contributed by atoms with Crippen molar-refractivity contribution in [2.45, 2.75) is 84.3 Å². The van der Waals surface area contributed by atoms with Crippen LogP contribution in [0.3, 0.4) is 0 Å². The number of anilines is 1. The third-order valence-electron chi connectivity index (χ3n) is 6.09. The first-order chi connectivity index (χ1) is 14.2. The Bertz CT molecular complexity index is 729. The fourth-order valence-corrected chi connectivity index (χ4v) is 4.66. The normalized spacial score (nSPS) is 19.3. The Morgan fingerprint density at radius 2 is 1.79 bits per heavy atom. The lowest BCUT2D eigenvalue weighted by Gasteiger charge is -2.38. The second kappa shape index (κ2) is 11.6. The number of aryl methyl sites for hydroxylation is 1. The minimum Gasteiger partial charge on any atom is -0.268 e. The molecule has 1 aromatic carbocycles. The maximum absolute atomic E-state index is 6.73. The van der Waals surface area contributed by atoms with E-state index in [1.54, 1.807) is 0 Å². The molecule has 0 atom stereocenters. The van der Waals surface area contributed by atoms with Crippen molar-refractivity contribution in [2.24, 2.45) is 5.92 Å². The molecule has 0 unspecified atom stereocenters. The highest BCUT2D eigenvalue weighted by molar-refractivity contribution is 6.33. The third-order valence-corrected chi connectivity index (χ3v) is 6.50. The van der Waals surface area contributed by atoms with Crippen LogP contribution in [-0.2, 0) is 17.9 Å². The van der Waals surface area contributed by atoms with Crippen LogP contribution < -0.4 is 5.06 Å². The molecule has 0 N–H and O–H groups in total. The lowest BCUT2D eigenvalue weighted by Crippen LogP contribution is -2.38. The van der Waals surface area contributed by atoms with Gasteiger partial charge in [-0.3, -0.25) is 9.82 Å². The molecule has 3 rings (SSSR count). The Labute approximate surface area is 181 Å². The summed E-state index contributed by atoms with van der Waals surface area (Å²) in [5.74, 6) is 0.868. The molecule has 0 aliphatic heterocycles. The molecule has 1 fully saturated rings. The van der Waals surface area contributed by atoms with Gasteiger partial charge >= 0.3 is 0 Å². The van der Waals surface area contributed by atoms with Crippen LogP contribution in [0.2, 0.25) is 5.02 Å². The number of benzene rings is 1. The summed E-state index contributed by atoms with van der Waals surface area (Å²) in [4.78, 5) is 10.8. The Kier molecular flexibility index (Phi) is 8.82. The molecule has 1 aliphatic carbocycles. The molecular weight excluding hydrogens is 380 g/mol. The Morgan fingerprint density at radius 1 is 1.03 bits per heavy atom. The molecule has 29 heavy (non-hydrogen) atoms. The van der Waals surface area contributed by atoms with Crippen LogP contribution in [0.1, 0.15) is 76.5 Å². The Balaban J connectivity index is 1.71. The van der Waals surface area contributed by atoms with Gasteiger partial charge in [-0.1, -0.05) is 81.5 Å². The zero-order chi connectivity index (χ0) is 20.5. The van der Waals surface area contributed by atoms with Gasteiger partial charge in [-0.05, 0) is 49.7 Å². The summed E-state index contributed by atoms with van der Waals surface area (Å²) in [6.45, 7) is 4.92. The molecular formula is C25H35ClN2O. The Hall–Kier alpha value is -1.58. The van der Waals surface area contributed by atoms with Crippen molar-refractivity contribution >= 4 is 17.3 Å². The molecule has 1 heterocycles. The molecule has 3 nitrogen and oxygen atoms in total. The van der Waals surface area contributed by atoms with E-state index in [4.69, 9.17) is 16.4 Å². The van der Waals surface area contributed by atoms with Crippen molar-refractivity contribution in [3.05, 3.63) is 58.9 Å². The van der Waals surface area contributed by atoms with E-state index in [1.807, 2.05) is 18.3 Å². The van der Waals surface area contributed by atoms with Crippen molar-refractivity contribution in [2.75, 3.05) is 5.06 Å². The van der Waals surface area contributed by atoms with Gasteiger partial charge in [-0.15, -0.1) is 0 Å². The number of unbranched alkanes of at least 4 members (excludes halogenated alkanes) is 2. The summed E-state index contributed by atoms with van der Waals surface area (Å²) in [6.07, 6.45) is 13.0. The van der Waals surface area contributed by atoms with Crippen LogP contribution in [0.25, 0.3) is 0 Å². The summed E-state index contributed by atoms with van der Waals surface area (Å²) in [5, 5.41) is 2.83. The lowest BCUT2D eigenvalue weighted by atomic mass is 9.83. The molecule has 0 spiro atoms. The average molecular weight is 415 g/mol. The van der Waals surface area contributed by atoms with Gasteiger partial charge in [0.15, 0.2) is 0 Å². The highest BCUT2D eigenvalue weighted by Gasteiger charge is 2.28. The van der Waals surface area contributed by atoms with E-state index in [0.717, 1.165) is 41.6 Å². The fraction of sp³-hybridized carbons (Fsp3) is 0.560. The zero-order valence-corrected chi connectivity index (χ0v) is 18.7. The fourth-order valence-electron chi connectivity index (χ4n) is 4.33. The van der Waals surface area contributed by atoms with E-state index >= 15 is 0 Å². The van der Waals surface area contributed by atoms with Gasteiger partial charge in [0.05, 0.1) is 29.1 Å². The van der Waals surface area contributed by atoms with Gasteiger partial charge in [0.1, 0.15) is 0 Å². The lowest BCUT2D eigenvalue weighted by molar-refractivity contribution is 0.0589. The smallest absolute Gasteiger partial charge is 0.0999 e. The molecule has 1 aliphatic rings. The van der Waals surface area contributed by atoms with E-state index in [-0.39, 0.29) is 0 Å². The summed E-state index contributed by atoms with van der Waals surface area (Å²) < 4.78 is 0. The molecule has 0 bridgehead atoms. The molecule has 1 saturated carbocycles. The van der Waals surface area contributed by atoms with Crippen LogP contribution in [0, 0.1) is 5.92 Å². The van der Waals surface area contributed by atoms with E-state index < -0.39 is 0 Å². The van der Waals surface area contributed by atoms with Gasteiger partial charge in [0, 0.05) is 6.20 Å². The average Bonchev–Trinajstić information content (AvgIpc) is 2.77. The highest BCUT2D eigenvalue weighted by Crippen LogP contribution is 2.37. The van der Waals surface area contributed by atoms with Crippen molar-refractivity contribution in [3.8, 4) is 0 Å². The Morgan fingerprint density at radius 3 is 2.48 bits per heavy atom. The van der Waals surface area contributed by atoms with Crippen LogP contribution in [-0.4, -0.2) is 11.0 Å². The number of pyridine rings is 1. The second-order valence-corrected chi connectivity index (χ2v) is 8.58. The minimum absolute atomic E-state index is 0.366. The van der Waals surface area contributed by atoms with E-state index in [0.29, 0.717) is 12.6 Å². The van der Waals surface area contributed by atoms with Crippen molar-refractivity contribution in [3.63, 3.8) is 0 Å². The van der Waals surface area contributed by atoms with Crippen molar-refractivity contribution < 1.29 is 4.84 Å². The largest absolute Gasteiger partial charge is 0.268 e. The first-order valence-corrected chi connectivity index (χ1v) is 11.7. The topological polar surface area (TPSA) is 25.4 Å². The quantitative estimate of drug-likeness (QED) is 0.299. The molecule has 158 valence electrons. The maximum Gasteiger partial charge on any atom is 0.0999 e. The van der Waals surface area contributed by atoms with Gasteiger partial charge in [0.25, 0.3) is 0 Å². The number of aromatic nitrogens is 1. The zero-order valence-electron chi connectivity index (χ0n) is 17.9. The molecule has 2 aromatic rings. The number of hydrogen-bond donors (Lipinski definition) is 0. The van der Waals surface area contributed by atoms with Crippen LogP contribution in [0.4, 0.5) is 5.69 Å². The van der Waals surface area contributed by atoms with Gasteiger partial charge < -0.3 is 0 Å². The maximum atomic E-state index is 6.73.